The summed E-state index contributed by atoms with van der Waals surface area (Å²) in [6, 6.07) is 7.39. The Balaban J connectivity index is 2.26. The third-order valence-electron chi connectivity index (χ3n) is 2.13. The quantitative estimate of drug-likeness (QED) is 0.329. The molecule has 5 nitrogen and oxygen atoms in total. The zero-order valence-electron chi connectivity index (χ0n) is 10.6. The van der Waals surface area contributed by atoms with E-state index >= 15 is 0 Å². The fourth-order valence-corrected chi connectivity index (χ4v) is 1.23. The normalized spacial score (nSPS) is 10.8. The van der Waals surface area contributed by atoms with Gasteiger partial charge in [0.15, 0.2) is 5.96 Å². The summed E-state index contributed by atoms with van der Waals surface area (Å²) in [5, 5.41) is 2.88. The summed E-state index contributed by atoms with van der Waals surface area (Å²) in [7, 11) is 1.63. The first kappa shape index (κ1) is 13.9. The van der Waals surface area contributed by atoms with Crippen molar-refractivity contribution in [3.8, 4) is 11.5 Å². The number of nitrogens with one attached hydrogen (secondary N) is 1. The van der Waals surface area contributed by atoms with Crippen LogP contribution in [0.25, 0.3) is 0 Å². The fourth-order valence-electron chi connectivity index (χ4n) is 1.23. The van der Waals surface area contributed by atoms with E-state index in [0.29, 0.717) is 25.7 Å². The molecule has 1 rings (SSSR count). The molecule has 0 bridgehead atoms. The third-order valence-corrected chi connectivity index (χ3v) is 2.13. The van der Waals surface area contributed by atoms with E-state index in [1.807, 2.05) is 24.3 Å². The minimum Gasteiger partial charge on any atom is -0.497 e. The lowest BCUT2D eigenvalue weighted by Gasteiger charge is -2.06. The zero-order valence-corrected chi connectivity index (χ0v) is 10.6. The lowest BCUT2D eigenvalue weighted by atomic mass is 10.3. The van der Waals surface area contributed by atoms with Gasteiger partial charge in [0, 0.05) is 6.54 Å². The highest BCUT2D eigenvalue weighted by Gasteiger charge is 1.95. The second kappa shape index (κ2) is 8.00. The molecule has 0 aliphatic rings. The number of benzene rings is 1. The number of guanidine groups is 1. The van der Waals surface area contributed by atoms with Crippen molar-refractivity contribution in [3.63, 3.8) is 0 Å². The van der Waals surface area contributed by atoms with Crippen LogP contribution in [-0.2, 0) is 0 Å². The fraction of sp³-hybridized carbons (Fsp3) is 0.308. The van der Waals surface area contributed by atoms with Gasteiger partial charge < -0.3 is 20.5 Å². The summed E-state index contributed by atoms with van der Waals surface area (Å²) in [6.07, 6.45) is 1.72. The minimum absolute atomic E-state index is 0.397. The average molecular weight is 249 g/mol. The number of methoxy groups -OCH3 is 1. The van der Waals surface area contributed by atoms with Crippen LogP contribution in [0.1, 0.15) is 0 Å². The van der Waals surface area contributed by atoms with Crippen LogP contribution in [-0.4, -0.2) is 32.8 Å². The topological polar surface area (TPSA) is 68.9 Å². The first-order chi connectivity index (χ1) is 8.76. The smallest absolute Gasteiger partial charge is 0.188 e. The van der Waals surface area contributed by atoms with Crippen LogP contribution in [0, 0.1) is 0 Å². The molecule has 18 heavy (non-hydrogen) atoms. The van der Waals surface area contributed by atoms with Gasteiger partial charge in [0.2, 0.25) is 0 Å². The standard InChI is InChI=1S/C13H19N3O2/c1-3-8-15-13(14)16-9-10-18-12-6-4-11(17-2)5-7-12/h3-7H,1,8-10H2,2H3,(H3,14,15,16). The predicted octanol–water partition coefficient (Wildman–Crippen LogP) is 1.16. The lowest BCUT2D eigenvalue weighted by Crippen LogP contribution is -2.32. The summed E-state index contributed by atoms with van der Waals surface area (Å²) < 4.78 is 10.5. The predicted molar refractivity (Wildman–Crippen MR) is 73.2 cm³/mol. The molecule has 0 radical (unpaired) electrons. The molecule has 1 aromatic carbocycles. The van der Waals surface area contributed by atoms with E-state index in [2.05, 4.69) is 16.9 Å². The van der Waals surface area contributed by atoms with Crippen molar-refractivity contribution < 1.29 is 9.47 Å². The molecule has 3 N–H and O–H groups in total. The molecular weight excluding hydrogens is 230 g/mol. The van der Waals surface area contributed by atoms with Crippen molar-refractivity contribution in [3.05, 3.63) is 36.9 Å². The molecule has 0 spiro atoms. The number of hydrogen-bond donors (Lipinski definition) is 2. The van der Waals surface area contributed by atoms with Crippen molar-refractivity contribution in [2.45, 2.75) is 0 Å². The molecule has 0 saturated carbocycles. The van der Waals surface area contributed by atoms with Crippen LogP contribution in [0.15, 0.2) is 41.9 Å². The number of rotatable bonds is 7. The number of aliphatic imine (C=N–C) groups is 1. The van der Waals surface area contributed by atoms with Gasteiger partial charge in [0.1, 0.15) is 18.1 Å². The Morgan fingerprint density at radius 3 is 2.67 bits per heavy atom. The summed E-state index contributed by atoms with van der Waals surface area (Å²) in [5.74, 6) is 1.98. The third kappa shape index (κ3) is 5.25. The van der Waals surface area contributed by atoms with Gasteiger partial charge in [0.05, 0.1) is 13.7 Å². The minimum atomic E-state index is 0.397. The van der Waals surface area contributed by atoms with Crippen LogP contribution in [0.2, 0.25) is 0 Å². The highest BCUT2D eigenvalue weighted by molar-refractivity contribution is 5.77. The molecule has 0 atom stereocenters. The molecule has 0 heterocycles. The second-order valence-corrected chi connectivity index (χ2v) is 3.46. The van der Waals surface area contributed by atoms with E-state index in [9.17, 15) is 0 Å². The first-order valence-electron chi connectivity index (χ1n) is 5.68. The molecule has 5 heteroatoms. The Bertz CT molecular complexity index is 388. The molecule has 0 amide bonds. The molecule has 98 valence electrons. The van der Waals surface area contributed by atoms with Gasteiger partial charge in [-0.25, -0.2) is 4.99 Å². The van der Waals surface area contributed by atoms with Crippen molar-refractivity contribution in [1.82, 2.24) is 5.32 Å². The molecule has 1 aromatic rings. The van der Waals surface area contributed by atoms with Crippen LogP contribution < -0.4 is 20.5 Å². The van der Waals surface area contributed by atoms with Gasteiger partial charge in [-0.05, 0) is 24.3 Å². The molecule has 0 saturated heterocycles. The van der Waals surface area contributed by atoms with E-state index in [-0.39, 0.29) is 0 Å². The molecule has 0 fully saturated rings. The van der Waals surface area contributed by atoms with Crippen LogP contribution >= 0.6 is 0 Å². The van der Waals surface area contributed by atoms with Crippen LogP contribution in [0.4, 0.5) is 0 Å². The zero-order chi connectivity index (χ0) is 13.2. The Kier molecular flexibility index (Phi) is 6.17. The molecule has 0 aliphatic carbocycles. The van der Waals surface area contributed by atoms with Gasteiger partial charge in [-0.3, -0.25) is 0 Å². The summed E-state index contributed by atoms with van der Waals surface area (Å²) >= 11 is 0. The van der Waals surface area contributed by atoms with Gasteiger partial charge >= 0.3 is 0 Å². The second-order valence-electron chi connectivity index (χ2n) is 3.46. The van der Waals surface area contributed by atoms with E-state index in [1.165, 1.54) is 0 Å². The lowest BCUT2D eigenvalue weighted by molar-refractivity contribution is 0.327. The largest absolute Gasteiger partial charge is 0.497 e. The highest BCUT2D eigenvalue weighted by atomic mass is 16.5. The average Bonchev–Trinajstić information content (AvgIpc) is 2.42. The van der Waals surface area contributed by atoms with Gasteiger partial charge in [-0.1, -0.05) is 6.08 Å². The summed E-state index contributed by atoms with van der Waals surface area (Å²) in [4.78, 5) is 4.10. The molecule has 0 unspecified atom stereocenters. The maximum absolute atomic E-state index is 5.60. The van der Waals surface area contributed by atoms with Crippen molar-refractivity contribution in [1.29, 1.82) is 0 Å². The summed E-state index contributed by atoms with van der Waals surface area (Å²) in [6.45, 7) is 5.16. The maximum Gasteiger partial charge on any atom is 0.188 e. The van der Waals surface area contributed by atoms with Crippen LogP contribution in [0.3, 0.4) is 0 Å². The Morgan fingerprint density at radius 2 is 2.06 bits per heavy atom. The van der Waals surface area contributed by atoms with E-state index < -0.39 is 0 Å². The van der Waals surface area contributed by atoms with Gasteiger partial charge in [0.25, 0.3) is 0 Å². The number of nitrogens with two attached hydrogens (primary N) is 1. The Morgan fingerprint density at radius 1 is 1.39 bits per heavy atom. The molecular formula is C13H19N3O2. The van der Waals surface area contributed by atoms with E-state index in [1.54, 1.807) is 13.2 Å². The number of nitrogens with zero attached hydrogens (tertiary/aromatic N) is 1. The Hall–Kier alpha value is -2.17. The van der Waals surface area contributed by atoms with Gasteiger partial charge in [-0.15, -0.1) is 6.58 Å². The monoisotopic (exact) mass is 249 g/mol. The number of hydrogen-bond acceptors (Lipinski definition) is 3. The highest BCUT2D eigenvalue weighted by Crippen LogP contribution is 2.16. The maximum atomic E-state index is 5.60. The van der Waals surface area contributed by atoms with Crippen molar-refractivity contribution in [2.24, 2.45) is 10.7 Å². The SMILES string of the molecule is C=CCNC(N)=NCCOc1ccc(OC)cc1. The van der Waals surface area contributed by atoms with Crippen molar-refractivity contribution in [2.75, 3.05) is 26.8 Å². The van der Waals surface area contributed by atoms with Crippen molar-refractivity contribution >= 4 is 5.96 Å². The van der Waals surface area contributed by atoms with E-state index in [4.69, 9.17) is 15.2 Å². The molecule has 0 aliphatic heterocycles. The van der Waals surface area contributed by atoms with Gasteiger partial charge in [-0.2, -0.15) is 0 Å². The van der Waals surface area contributed by atoms with Crippen LogP contribution in [0.5, 0.6) is 11.5 Å². The first-order valence-corrected chi connectivity index (χ1v) is 5.68. The Labute approximate surface area is 107 Å². The molecule has 0 aromatic heterocycles. The summed E-state index contributed by atoms with van der Waals surface area (Å²) in [5.41, 5.74) is 5.60. The number of ether oxygens (including phenoxy) is 2. The van der Waals surface area contributed by atoms with E-state index in [0.717, 1.165) is 11.5 Å².